The number of amides is 1. The van der Waals surface area contributed by atoms with Gasteiger partial charge in [-0.3, -0.25) is 4.79 Å². The Morgan fingerprint density at radius 2 is 1.90 bits per heavy atom. The zero-order valence-electron chi connectivity index (χ0n) is 17.6. The maximum absolute atomic E-state index is 12.7. The minimum absolute atomic E-state index is 0.0402. The van der Waals surface area contributed by atoms with Gasteiger partial charge >= 0.3 is 0 Å². The van der Waals surface area contributed by atoms with Crippen molar-refractivity contribution in [3.8, 4) is 11.8 Å². The van der Waals surface area contributed by atoms with Crippen molar-refractivity contribution in [3.63, 3.8) is 0 Å². The van der Waals surface area contributed by atoms with Crippen molar-refractivity contribution in [1.29, 1.82) is 5.26 Å². The highest BCUT2D eigenvalue weighted by molar-refractivity contribution is 6.31. The normalized spacial score (nSPS) is 11.3. The summed E-state index contributed by atoms with van der Waals surface area (Å²) < 4.78 is 2.17. The third kappa shape index (κ3) is 4.32. The van der Waals surface area contributed by atoms with E-state index in [-0.39, 0.29) is 5.57 Å². The molecule has 3 aromatic rings. The first-order valence-corrected chi connectivity index (χ1v) is 10.2. The molecule has 5 heteroatoms. The highest BCUT2D eigenvalue weighted by Crippen LogP contribution is 2.26. The minimum Gasteiger partial charge on any atom is -0.321 e. The molecule has 1 amide bonds. The summed E-state index contributed by atoms with van der Waals surface area (Å²) in [5, 5.41) is 12.9. The molecule has 0 bridgehead atoms. The lowest BCUT2D eigenvalue weighted by atomic mass is 10.1. The predicted molar refractivity (Wildman–Crippen MR) is 123 cm³/mol. The van der Waals surface area contributed by atoms with Crippen molar-refractivity contribution < 1.29 is 4.79 Å². The van der Waals surface area contributed by atoms with Gasteiger partial charge in [0.05, 0.1) is 0 Å². The third-order valence-corrected chi connectivity index (χ3v) is 5.43. The molecule has 3 rings (SSSR count). The molecule has 152 valence electrons. The van der Waals surface area contributed by atoms with Gasteiger partial charge in [0.25, 0.3) is 5.91 Å². The zero-order chi connectivity index (χ0) is 21.8. The number of halogens is 1. The van der Waals surface area contributed by atoms with Crippen molar-refractivity contribution in [2.75, 3.05) is 5.32 Å². The van der Waals surface area contributed by atoms with Crippen LogP contribution in [0.1, 0.15) is 35.0 Å². The van der Waals surface area contributed by atoms with Gasteiger partial charge in [0.15, 0.2) is 0 Å². The molecular formula is C25H24ClN3O. The Balaban J connectivity index is 1.98. The quantitative estimate of drug-likeness (QED) is 0.399. The number of benzene rings is 2. The van der Waals surface area contributed by atoms with E-state index in [0.717, 1.165) is 34.6 Å². The highest BCUT2D eigenvalue weighted by Gasteiger charge is 2.16. The van der Waals surface area contributed by atoms with E-state index in [0.29, 0.717) is 10.7 Å². The van der Waals surface area contributed by atoms with Gasteiger partial charge in [-0.2, -0.15) is 5.26 Å². The number of nitriles is 1. The summed E-state index contributed by atoms with van der Waals surface area (Å²) in [5.74, 6) is -0.457. The Labute approximate surface area is 182 Å². The molecule has 0 unspecified atom stereocenters. The van der Waals surface area contributed by atoms with Crippen LogP contribution < -0.4 is 5.32 Å². The summed E-state index contributed by atoms with van der Waals surface area (Å²) >= 11 is 6.03. The van der Waals surface area contributed by atoms with Crippen molar-refractivity contribution in [1.82, 2.24) is 4.57 Å². The fourth-order valence-corrected chi connectivity index (χ4v) is 3.73. The number of aryl methyl sites for hydroxylation is 3. The molecule has 0 fully saturated rings. The number of nitrogens with zero attached hydrogens (tertiary/aromatic N) is 2. The summed E-state index contributed by atoms with van der Waals surface area (Å²) in [6.07, 6.45) is 2.56. The largest absolute Gasteiger partial charge is 0.321 e. The Hall–Kier alpha value is -3.29. The van der Waals surface area contributed by atoms with Crippen LogP contribution in [-0.2, 0) is 11.2 Å². The fraction of sp³-hybridized carbons (Fsp3) is 0.200. The number of anilines is 1. The number of rotatable bonds is 5. The second-order valence-electron chi connectivity index (χ2n) is 7.23. The van der Waals surface area contributed by atoms with Crippen molar-refractivity contribution in [2.45, 2.75) is 34.1 Å². The van der Waals surface area contributed by atoms with Crippen LogP contribution in [0.5, 0.6) is 0 Å². The van der Waals surface area contributed by atoms with Crippen molar-refractivity contribution in [3.05, 3.63) is 87.2 Å². The molecule has 0 saturated carbocycles. The Morgan fingerprint density at radius 1 is 1.17 bits per heavy atom. The summed E-state index contributed by atoms with van der Waals surface area (Å²) in [6.45, 7) is 8.03. The number of hydrogen-bond acceptors (Lipinski definition) is 2. The Morgan fingerprint density at radius 3 is 2.60 bits per heavy atom. The van der Waals surface area contributed by atoms with E-state index in [4.69, 9.17) is 11.6 Å². The van der Waals surface area contributed by atoms with Gasteiger partial charge in [0.2, 0.25) is 0 Å². The van der Waals surface area contributed by atoms with Crippen LogP contribution >= 0.6 is 11.6 Å². The van der Waals surface area contributed by atoms with Crippen molar-refractivity contribution >= 4 is 29.3 Å². The van der Waals surface area contributed by atoms with Gasteiger partial charge in [-0.25, -0.2) is 0 Å². The molecule has 0 aliphatic heterocycles. The molecule has 2 aromatic carbocycles. The van der Waals surface area contributed by atoms with Crippen LogP contribution in [0, 0.1) is 32.1 Å². The van der Waals surface area contributed by atoms with Gasteiger partial charge in [0, 0.05) is 27.8 Å². The van der Waals surface area contributed by atoms with Crippen LogP contribution in [0.25, 0.3) is 11.8 Å². The topological polar surface area (TPSA) is 57.8 Å². The van der Waals surface area contributed by atoms with Crippen LogP contribution in [0.3, 0.4) is 0 Å². The molecule has 1 heterocycles. The molecule has 1 aromatic heterocycles. The summed E-state index contributed by atoms with van der Waals surface area (Å²) in [5.41, 5.74) is 6.73. The number of carbonyl (C=O) groups excluding carboxylic acids is 1. The molecule has 0 saturated heterocycles. The summed E-state index contributed by atoms with van der Waals surface area (Å²) in [4.78, 5) is 12.7. The number of hydrogen-bond donors (Lipinski definition) is 1. The van der Waals surface area contributed by atoms with Crippen LogP contribution in [0.2, 0.25) is 5.02 Å². The highest BCUT2D eigenvalue weighted by atomic mass is 35.5. The first-order valence-electron chi connectivity index (χ1n) is 9.82. The SMILES string of the molecule is CCc1ccccc1-n1c(C)cc(/C=C(/C#N)C(=O)Nc2cc(Cl)ccc2C)c1C. The summed E-state index contributed by atoms with van der Waals surface area (Å²) in [6, 6.07) is 17.6. The Kier molecular flexibility index (Phi) is 6.44. The van der Waals surface area contributed by atoms with Gasteiger partial charge in [0.1, 0.15) is 11.6 Å². The lowest BCUT2D eigenvalue weighted by Crippen LogP contribution is -2.14. The molecular weight excluding hydrogens is 394 g/mol. The molecule has 4 nitrogen and oxygen atoms in total. The second-order valence-corrected chi connectivity index (χ2v) is 7.66. The molecule has 0 radical (unpaired) electrons. The zero-order valence-corrected chi connectivity index (χ0v) is 18.3. The fourth-order valence-electron chi connectivity index (χ4n) is 3.56. The number of nitrogens with one attached hydrogen (secondary N) is 1. The number of para-hydroxylation sites is 1. The van der Waals surface area contributed by atoms with Gasteiger partial charge in [-0.15, -0.1) is 0 Å². The van der Waals surface area contributed by atoms with E-state index in [1.807, 2.05) is 51.1 Å². The van der Waals surface area contributed by atoms with Crippen LogP contribution in [-0.4, -0.2) is 10.5 Å². The standard InChI is InChI=1S/C25H24ClN3O/c1-5-19-8-6-7-9-24(19)29-17(3)12-20(18(29)4)13-21(15-27)25(30)28-23-14-22(26)11-10-16(23)2/h6-14H,5H2,1-4H3,(H,28,30)/b21-13-. The molecule has 0 aliphatic rings. The lowest BCUT2D eigenvalue weighted by molar-refractivity contribution is -0.112. The summed E-state index contributed by atoms with van der Waals surface area (Å²) in [7, 11) is 0. The first-order chi connectivity index (χ1) is 14.3. The van der Waals surface area contributed by atoms with E-state index in [2.05, 4.69) is 28.9 Å². The average Bonchev–Trinajstić information content (AvgIpc) is 3.01. The van der Waals surface area contributed by atoms with E-state index < -0.39 is 5.91 Å². The molecule has 0 atom stereocenters. The number of carbonyl (C=O) groups is 1. The molecule has 1 N–H and O–H groups in total. The monoisotopic (exact) mass is 417 g/mol. The third-order valence-electron chi connectivity index (χ3n) is 5.20. The van der Waals surface area contributed by atoms with E-state index >= 15 is 0 Å². The van der Waals surface area contributed by atoms with E-state index in [9.17, 15) is 10.1 Å². The van der Waals surface area contributed by atoms with Crippen LogP contribution in [0.4, 0.5) is 5.69 Å². The van der Waals surface area contributed by atoms with Crippen LogP contribution in [0.15, 0.2) is 54.1 Å². The van der Waals surface area contributed by atoms with E-state index in [1.165, 1.54) is 5.56 Å². The maximum atomic E-state index is 12.7. The Bertz CT molecular complexity index is 1180. The predicted octanol–water partition coefficient (Wildman–Crippen LogP) is 6.16. The van der Waals surface area contributed by atoms with Gasteiger partial charge in [-0.05, 0) is 74.2 Å². The number of aromatic nitrogens is 1. The maximum Gasteiger partial charge on any atom is 0.266 e. The lowest BCUT2D eigenvalue weighted by Gasteiger charge is -2.14. The molecule has 30 heavy (non-hydrogen) atoms. The molecule has 0 aliphatic carbocycles. The van der Waals surface area contributed by atoms with Crippen molar-refractivity contribution in [2.24, 2.45) is 0 Å². The van der Waals surface area contributed by atoms with Gasteiger partial charge < -0.3 is 9.88 Å². The average molecular weight is 418 g/mol. The van der Waals surface area contributed by atoms with Gasteiger partial charge in [-0.1, -0.05) is 42.8 Å². The minimum atomic E-state index is -0.457. The van der Waals surface area contributed by atoms with E-state index in [1.54, 1.807) is 18.2 Å². The second kappa shape index (κ2) is 9.02. The smallest absolute Gasteiger partial charge is 0.266 e. The molecule has 0 spiro atoms. The first kappa shape index (κ1) is 21.4.